The standard InChI is InChI=1S/C14H12Br2FN/c1-9-2-5-13(17)10(6-9)8-18-14-7-11(15)3-4-12(14)16/h2-7,18H,8H2,1H3. The van der Waals surface area contributed by atoms with Gasteiger partial charge in [-0.25, -0.2) is 4.39 Å². The highest BCUT2D eigenvalue weighted by molar-refractivity contribution is 9.11. The van der Waals surface area contributed by atoms with Crippen LogP contribution in [0, 0.1) is 12.7 Å². The molecule has 1 nitrogen and oxygen atoms in total. The Labute approximate surface area is 123 Å². The minimum Gasteiger partial charge on any atom is -0.380 e. The van der Waals surface area contributed by atoms with Crippen molar-refractivity contribution in [2.75, 3.05) is 5.32 Å². The molecule has 18 heavy (non-hydrogen) atoms. The van der Waals surface area contributed by atoms with Gasteiger partial charge in [0.15, 0.2) is 0 Å². The van der Waals surface area contributed by atoms with E-state index in [0.29, 0.717) is 12.1 Å². The summed E-state index contributed by atoms with van der Waals surface area (Å²) in [5, 5.41) is 3.22. The van der Waals surface area contributed by atoms with Gasteiger partial charge in [-0.2, -0.15) is 0 Å². The van der Waals surface area contributed by atoms with Crippen molar-refractivity contribution in [3.63, 3.8) is 0 Å². The number of rotatable bonds is 3. The molecular weight excluding hydrogens is 361 g/mol. The Kier molecular flexibility index (Phi) is 4.40. The Morgan fingerprint density at radius 1 is 1.11 bits per heavy atom. The van der Waals surface area contributed by atoms with Crippen molar-refractivity contribution in [1.29, 1.82) is 0 Å². The van der Waals surface area contributed by atoms with Crippen molar-refractivity contribution in [3.05, 3.63) is 62.3 Å². The number of aryl methyl sites for hydroxylation is 1. The van der Waals surface area contributed by atoms with E-state index in [-0.39, 0.29) is 5.82 Å². The SMILES string of the molecule is Cc1ccc(F)c(CNc2cc(Br)ccc2Br)c1. The summed E-state index contributed by atoms with van der Waals surface area (Å²) in [6.45, 7) is 2.42. The van der Waals surface area contributed by atoms with Crippen LogP contribution >= 0.6 is 31.9 Å². The summed E-state index contributed by atoms with van der Waals surface area (Å²) >= 11 is 6.87. The monoisotopic (exact) mass is 371 g/mol. The molecule has 2 aromatic rings. The van der Waals surface area contributed by atoms with Gasteiger partial charge in [0.25, 0.3) is 0 Å². The van der Waals surface area contributed by atoms with Crippen molar-refractivity contribution >= 4 is 37.5 Å². The minimum atomic E-state index is -0.181. The maximum absolute atomic E-state index is 13.6. The molecule has 0 aromatic heterocycles. The lowest BCUT2D eigenvalue weighted by atomic mass is 10.1. The Bertz CT molecular complexity index is 518. The fourth-order valence-corrected chi connectivity index (χ4v) is 2.41. The molecule has 0 atom stereocenters. The van der Waals surface area contributed by atoms with Crippen LogP contribution in [0.4, 0.5) is 10.1 Å². The highest BCUT2D eigenvalue weighted by Gasteiger charge is 2.04. The second-order valence-electron chi connectivity index (χ2n) is 4.07. The van der Waals surface area contributed by atoms with E-state index in [1.807, 2.05) is 31.2 Å². The first-order chi connectivity index (χ1) is 8.56. The van der Waals surface area contributed by atoms with E-state index in [0.717, 1.165) is 20.2 Å². The quantitative estimate of drug-likeness (QED) is 0.773. The summed E-state index contributed by atoms with van der Waals surface area (Å²) in [6, 6.07) is 11.0. The summed E-state index contributed by atoms with van der Waals surface area (Å²) < 4.78 is 15.5. The number of nitrogens with one attached hydrogen (secondary N) is 1. The van der Waals surface area contributed by atoms with Crippen molar-refractivity contribution in [2.24, 2.45) is 0 Å². The molecule has 0 heterocycles. The van der Waals surface area contributed by atoms with E-state index in [4.69, 9.17) is 0 Å². The molecule has 4 heteroatoms. The molecular formula is C14H12Br2FN. The van der Waals surface area contributed by atoms with Gasteiger partial charge in [0.1, 0.15) is 5.82 Å². The van der Waals surface area contributed by atoms with Crippen LogP contribution in [0.15, 0.2) is 45.3 Å². The highest BCUT2D eigenvalue weighted by atomic mass is 79.9. The van der Waals surface area contributed by atoms with E-state index in [2.05, 4.69) is 37.2 Å². The number of benzene rings is 2. The Morgan fingerprint density at radius 2 is 1.89 bits per heavy atom. The van der Waals surface area contributed by atoms with Gasteiger partial charge in [0.05, 0.1) is 0 Å². The first-order valence-electron chi connectivity index (χ1n) is 5.50. The van der Waals surface area contributed by atoms with Gasteiger partial charge in [-0.15, -0.1) is 0 Å². The van der Waals surface area contributed by atoms with Gasteiger partial charge < -0.3 is 5.32 Å². The second kappa shape index (κ2) is 5.85. The van der Waals surface area contributed by atoms with Crippen LogP contribution in [0.25, 0.3) is 0 Å². The Balaban J connectivity index is 2.16. The number of anilines is 1. The van der Waals surface area contributed by atoms with Crippen LogP contribution < -0.4 is 5.32 Å². The third-order valence-electron chi connectivity index (χ3n) is 2.60. The molecule has 2 rings (SSSR count). The van der Waals surface area contributed by atoms with Gasteiger partial charge in [0.2, 0.25) is 0 Å². The van der Waals surface area contributed by atoms with Crippen LogP contribution in [0.5, 0.6) is 0 Å². The molecule has 0 aliphatic rings. The largest absolute Gasteiger partial charge is 0.380 e. The lowest BCUT2D eigenvalue weighted by molar-refractivity contribution is 0.612. The summed E-state index contributed by atoms with van der Waals surface area (Å²) in [7, 11) is 0. The van der Waals surface area contributed by atoms with E-state index < -0.39 is 0 Å². The van der Waals surface area contributed by atoms with Crippen LogP contribution in [0.2, 0.25) is 0 Å². The van der Waals surface area contributed by atoms with E-state index in [9.17, 15) is 4.39 Å². The molecule has 0 amide bonds. The van der Waals surface area contributed by atoms with Gasteiger partial charge in [-0.1, -0.05) is 33.6 Å². The number of hydrogen-bond donors (Lipinski definition) is 1. The summed E-state index contributed by atoms with van der Waals surface area (Å²) in [4.78, 5) is 0. The van der Waals surface area contributed by atoms with Gasteiger partial charge in [0, 0.05) is 26.7 Å². The lowest BCUT2D eigenvalue weighted by Crippen LogP contribution is -2.02. The zero-order valence-electron chi connectivity index (χ0n) is 9.81. The van der Waals surface area contributed by atoms with Gasteiger partial charge in [-0.3, -0.25) is 0 Å². The van der Waals surface area contributed by atoms with Crippen molar-refractivity contribution in [1.82, 2.24) is 0 Å². The molecule has 0 aliphatic heterocycles. The van der Waals surface area contributed by atoms with Crippen molar-refractivity contribution in [2.45, 2.75) is 13.5 Å². The van der Waals surface area contributed by atoms with E-state index in [1.165, 1.54) is 6.07 Å². The first-order valence-corrected chi connectivity index (χ1v) is 7.09. The zero-order valence-corrected chi connectivity index (χ0v) is 13.0. The van der Waals surface area contributed by atoms with E-state index in [1.54, 1.807) is 6.07 Å². The number of hydrogen-bond acceptors (Lipinski definition) is 1. The lowest BCUT2D eigenvalue weighted by Gasteiger charge is -2.10. The fraction of sp³-hybridized carbons (Fsp3) is 0.143. The fourth-order valence-electron chi connectivity index (χ4n) is 1.66. The average molecular weight is 373 g/mol. The Morgan fingerprint density at radius 3 is 2.67 bits per heavy atom. The number of halogens is 3. The average Bonchev–Trinajstić information content (AvgIpc) is 2.34. The van der Waals surface area contributed by atoms with Crippen molar-refractivity contribution in [3.8, 4) is 0 Å². The third-order valence-corrected chi connectivity index (χ3v) is 3.78. The molecule has 2 aromatic carbocycles. The summed E-state index contributed by atoms with van der Waals surface area (Å²) in [6.07, 6.45) is 0. The van der Waals surface area contributed by atoms with Crippen LogP contribution in [-0.2, 0) is 6.54 Å². The molecule has 0 aliphatic carbocycles. The normalized spacial score (nSPS) is 10.4. The summed E-state index contributed by atoms with van der Waals surface area (Å²) in [5.41, 5.74) is 2.66. The van der Waals surface area contributed by atoms with Crippen molar-refractivity contribution < 1.29 is 4.39 Å². The Hall–Kier alpha value is -0.870. The predicted octanol–water partition coefficient (Wildman–Crippen LogP) is 5.27. The molecule has 0 unspecified atom stereocenters. The van der Waals surface area contributed by atoms with Crippen LogP contribution in [-0.4, -0.2) is 0 Å². The molecule has 0 saturated carbocycles. The molecule has 94 valence electrons. The third kappa shape index (κ3) is 3.33. The maximum atomic E-state index is 13.6. The molecule has 1 N–H and O–H groups in total. The van der Waals surface area contributed by atoms with Crippen LogP contribution in [0.3, 0.4) is 0 Å². The molecule has 0 spiro atoms. The zero-order chi connectivity index (χ0) is 13.1. The predicted molar refractivity (Wildman–Crippen MR) is 80.3 cm³/mol. The van der Waals surface area contributed by atoms with E-state index >= 15 is 0 Å². The maximum Gasteiger partial charge on any atom is 0.128 e. The summed E-state index contributed by atoms with van der Waals surface area (Å²) in [5.74, 6) is -0.181. The van der Waals surface area contributed by atoms with Gasteiger partial charge in [-0.05, 0) is 47.1 Å². The smallest absolute Gasteiger partial charge is 0.128 e. The molecule has 0 fully saturated rings. The van der Waals surface area contributed by atoms with Gasteiger partial charge >= 0.3 is 0 Å². The first kappa shape index (κ1) is 13.6. The minimum absolute atomic E-state index is 0.181. The second-order valence-corrected chi connectivity index (χ2v) is 5.84. The highest BCUT2D eigenvalue weighted by Crippen LogP contribution is 2.26. The topological polar surface area (TPSA) is 12.0 Å². The molecule has 0 radical (unpaired) electrons. The molecule has 0 bridgehead atoms. The molecule has 0 saturated heterocycles. The van der Waals surface area contributed by atoms with Crippen LogP contribution in [0.1, 0.15) is 11.1 Å².